The van der Waals surface area contributed by atoms with Gasteiger partial charge in [-0.05, 0) is 60.4 Å². The van der Waals surface area contributed by atoms with E-state index < -0.39 is 17.6 Å². The first-order valence-electron chi connectivity index (χ1n) is 11.1. The van der Waals surface area contributed by atoms with E-state index in [-0.39, 0.29) is 5.39 Å². The summed E-state index contributed by atoms with van der Waals surface area (Å²) in [5.41, 5.74) is 4.28. The molecule has 0 aliphatic heterocycles. The molecule has 1 unspecified atom stereocenters. The molecule has 5 heteroatoms. The summed E-state index contributed by atoms with van der Waals surface area (Å²) < 4.78 is 52.3. The highest BCUT2D eigenvalue weighted by atomic mass is 32.1. The normalized spacial score (nSPS) is 14.4. The van der Waals surface area contributed by atoms with Gasteiger partial charge in [-0.25, -0.2) is 0 Å². The molecule has 166 valence electrons. The second-order valence-corrected chi connectivity index (χ2v) is 9.33. The van der Waals surface area contributed by atoms with Crippen molar-refractivity contribution >= 4 is 31.5 Å². The molecule has 0 aliphatic carbocycles. The van der Waals surface area contributed by atoms with Crippen molar-refractivity contribution in [3.63, 3.8) is 0 Å². The molecule has 0 radical (unpaired) electrons. The molecular formula is C28H22F3NS. The molecule has 5 aromatic rings. The van der Waals surface area contributed by atoms with Gasteiger partial charge >= 0.3 is 6.18 Å². The quantitative estimate of drug-likeness (QED) is 0.261. The van der Waals surface area contributed by atoms with Crippen molar-refractivity contribution in [3.8, 4) is 11.3 Å². The van der Waals surface area contributed by atoms with Crippen LogP contribution in [0.5, 0.6) is 0 Å². The minimum Gasteiger partial charge on any atom is -0.256 e. The van der Waals surface area contributed by atoms with E-state index in [0.717, 1.165) is 33.0 Å². The Hall–Kier alpha value is -3.18. The summed E-state index contributed by atoms with van der Waals surface area (Å²) in [5.74, 6) is -1.04. The summed E-state index contributed by atoms with van der Waals surface area (Å²) in [6.45, 7) is 5.84. The average molecular weight is 463 g/mol. The van der Waals surface area contributed by atoms with Gasteiger partial charge in [0, 0.05) is 39.2 Å². The summed E-state index contributed by atoms with van der Waals surface area (Å²) in [6, 6.07) is 19.4. The predicted molar refractivity (Wildman–Crippen MR) is 131 cm³/mol. The number of rotatable bonds is 3. The number of thiophene rings is 1. The Morgan fingerprint density at radius 1 is 0.939 bits per heavy atom. The molecule has 0 spiro atoms. The van der Waals surface area contributed by atoms with E-state index in [1.54, 1.807) is 18.3 Å². The van der Waals surface area contributed by atoms with Gasteiger partial charge in [-0.1, -0.05) is 49.4 Å². The third-order valence-electron chi connectivity index (χ3n) is 6.16. The molecule has 0 saturated carbocycles. The van der Waals surface area contributed by atoms with Gasteiger partial charge in [-0.15, -0.1) is 11.3 Å². The van der Waals surface area contributed by atoms with E-state index in [9.17, 15) is 14.5 Å². The number of hydrogen-bond acceptors (Lipinski definition) is 2. The lowest BCUT2D eigenvalue weighted by Crippen LogP contribution is -2.05. The molecular weight excluding hydrogens is 439 g/mol. The van der Waals surface area contributed by atoms with Crippen LogP contribution in [-0.4, -0.2) is 4.98 Å². The van der Waals surface area contributed by atoms with E-state index in [4.69, 9.17) is 0 Å². The van der Waals surface area contributed by atoms with Crippen molar-refractivity contribution < 1.29 is 14.5 Å². The van der Waals surface area contributed by atoms with Gasteiger partial charge in [-0.2, -0.15) is 13.2 Å². The average Bonchev–Trinajstić information content (AvgIpc) is 3.17. The molecule has 2 aromatic heterocycles. The first-order valence-corrected chi connectivity index (χ1v) is 11.5. The molecule has 3 aromatic carbocycles. The van der Waals surface area contributed by atoms with Gasteiger partial charge in [0.25, 0.3) is 0 Å². The van der Waals surface area contributed by atoms with Crippen molar-refractivity contribution in [3.05, 3.63) is 101 Å². The summed E-state index contributed by atoms with van der Waals surface area (Å²) in [6.07, 6.45) is -2.82. The van der Waals surface area contributed by atoms with Gasteiger partial charge < -0.3 is 0 Å². The Morgan fingerprint density at radius 3 is 2.39 bits per heavy atom. The Labute approximate surface area is 195 Å². The lowest BCUT2D eigenvalue weighted by atomic mass is 9.87. The molecule has 1 atom stereocenters. The zero-order valence-corrected chi connectivity index (χ0v) is 19.2. The first kappa shape index (κ1) is 20.4. The van der Waals surface area contributed by atoms with Crippen LogP contribution in [0.1, 0.15) is 42.0 Å². The number of alkyl halides is 3. The SMILES string of the molecule is [2H]C(C)(c1ccnc(-c2ccc(C(F)(F)F)c3c2sc2ccccc23)c1)c1c(C)cccc1C. The van der Waals surface area contributed by atoms with Crippen LogP contribution in [0.3, 0.4) is 0 Å². The molecule has 0 aliphatic rings. The first-order chi connectivity index (χ1) is 16.1. The monoisotopic (exact) mass is 462 g/mol. The number of aryl methyl sites for hydroxylation is 2. The molecule has 1 nitrogen and oxygen atoms in total. The number of fused-ring (bicyclic) bond motifs is 3. The van der Waals surface area contributed by atoms with Crippen LogP contribution < -0.4 is 0 Å². The van der Waals surface area contributed by atoms with Crippen molar-refractivity contribution in [2.75, 3.05) is 0 Å². The zero-order valence-electron chi connectivity index (χ0n) is 19.4. The summed E-state index contributed by atoms with van der Waals surface area (Å²) in [7, 11) is 0. The topological polar surface area (TPSA) is 12.9 Å². The van der Waals surface area contributed by atoms with E-state index >= 15 is 0 Å². The molecule has 0 saturated heterocycles. The molecule has 5 rings (SSSR count). The van der Waals surface area contributed by atoms with E-state index in [1.165, 1.54) is 17.4 Å². The van der Waals surface area contributed by atoms with Crippen LogP contribution in [0.4, 0.5) is 13.2 Å². The second-order valence-electron chi connectivity index (χ2n) is 8.28. The van der Waals surface area contributed by atoms with Gasteiger partial charge in [0.05, 0.1) is 11.3 Å². The number of nitrogens with zero attached hydrogens (tertiary/aromatic N) is 1. The summed E-state index contributed by atoms with van der Waals surface area (Å²) in [5, 5.41) is 0.801. The van der Waals surface area contributed by atoms with Gasteiger partial charge in [0.2, 0.25) is 0 Å². The Balaban J connectivity index is 1.74. The maximum absolute atomic E-state index is 13.9. The predicted octanol–water partition coefficient (Wildman–Crippen LogP) is 8.90. The van der Waals surface area contributed by atoms with Crippen LogP contribution in [0.15, 0.2) is 72.9 Å². The third kappa shape index (κ3) is 3.70. The fraction of sp³-hybridized carbons (Fsp3) is 0.179. The molecule has 2 heterocycles. The lowest BCUT2D eigenvalue weighted by Gasteiger charge is -2.19. The van der Waals surface area contributed by atoms with Crippen LogP contribution in [0.25, 0.3) is 31.4 Å². The van der Waals surface area contributed by atoms with Crippen molar-refractivity contribution in [2.24, 2.45) is 0 Å². The van der Waals surface area contributed by atoms with Crippen LogP contribution in [0.2, 0.25) is 0 Å². The highest BCUT2D eigenvalue weighted by Crippen LogP contribution is 2.46. The number of pyridine rings is 1. The molecule has 0 bridgehead atoms. The fourth-order valence-corrected chi connectivity index (χ4v) is 5.88. The van der Waals surface area contributed by atoms with Gasteiger partial charge in [0.15, 0.2) is 0 Å². The van der Waals surface area contributed by atoms with Crippen molar-refractivity contribution in [2.45, 2.75) is 32.8 Å². The van der Waals surface area contributed by atoms with Crippen LogP contribution >= 0.6 is 11.3 Å². The minimum atomic E-state index is -4.46. The van der Waals surface area contributed by atoms with Gasteiger partial charge in [0.1, 0.15) is 0 Å². The molecule has 0 fully saturated rings. The zero-order chi connectivity index (χ0) is 24.3. The smallest absolute Gasteiger partial charge is 0.256 e. The second kappa shape index (κ2) is 7.99. The summed E-state index contributed by atoms with van der Waals surface area (Å²) in [4.78, 5) is 4.52. The molecule has 0 N–H and O–H groups in total. The van der Waals surface area contributed by atoms with E-state index in [0.29, 0.717) is 21.3 Å². The summed E-state index contributed by atoms with van der Waals surface area (Å²) >= 11 is 1.34. The number of hydrogen-bond donors (Lipinski definition) is 0. The maximum atomic E-state index is 13.9. The Bertz CT molecular complexity index is 1530. The Morgan fingerprint density at radius 2 is 1.67 bits per heavy atom. The van der Waals surface area contributed by atoms with Crippen LogP contribution in [0, 0.1) is 13.8 Å². The number of halogens is 3. The molecule has 33 heavy (non-hydrogen) atoms. The number of aromatic nitrogens is 1. The third-order valence-corrected chi connectivity index (χ3v) is 7.36. The maximum Gasteiger partial charge on any atom is 0.417 e. The minimum absolute atomic E-state index is 0.209. The van der Waals surface area contributed by atoms with Gasteiger partial charge in [-0.3, -0.25) is 4.98 Å². The Kier molecular flexibility index (Phi) is 4.95. The van der Waals surface area contributed by atoms with Crippen molar-refractivity contribution in [1.82, 2.24) is 4.98 Å². The molecule has 0 amide bonds. The largest absolute Gasteiger partial charge is 0.417 e. The lowest BCUT2D eigenvalue weighted by molar-refractivity contribution is -0.136. The highest BCUT2D eigenvalue weighted by molar-refractivity contribution is 7.26. The van der Waals surface area contributed by atoms with E-state index in [2.05, 4.69) is 4.98 Å². The van der Waals surface area contributed by atoms with Crippen molar-refractivity contribution in [1.29, 1.82) is 0 Å². The standard InChI is InChI=1S/C28H22F3NS/c1-16-7-6-8-17(2)25(16)18(3)19-13-14-32-23(15-19)20-11-12-22(28(29,30)31)26-21-9-4-5-10-24(21)33-27(20)26/h4-15,18H,1-3H3/i18D. The number of benzene rings is 3. The fourth-order valence-electron chi connectivity index (χ4n) is 4.63. The van der Waals surface area contributed by atoms with Crippen LogP contribution in [-0.2, 0) is 6.18 Å². The van der Waals surface area contributed by atoms with E-state index in [1.807, 2.05) is 63.2 Å². The highest BCUT2D eigenvalue weighted by Gasteiger charge is 2.34.